The van der Waals surface area contributed by atoms with Gasteiger partial charge in [-0.1, -0.05) is 18.8 Å². The Bertz CT molecular complexity index is 418. The smallest absolute Gasteiger partial charge is 0.139 e. The summed E-state index contributed by atoms with van der Waals surface area (Å²) in [5.74, 6) is 5.96. The first-order valence-corrected chi connectivity index (χ1v) is 5.40. The number of aromatic nitrogens is 1. The van der Waals surface area contributed by atoms with Crippen molar-refractivity contribution in [3.63, 3.8) is 0 Å². The van der Waals surface area contributed by atoms with Crippen LogP contribution in [0, 0.1) is 11.8 Å². The van der Waals surface area contributed by atoms with Gasteiger partial charge in [-0.2, -0.15) is 0 Å². The Morgan fingerprint density at radius 3 is 2.93 bits per heavy atom. The number of rotatable bonds is 1. The monoisotopic (exact) mass is 268 g/mol. The lowest BCUT2D eigenvalue weighted by Crippen LogP contribution is -2.19. The van der Waals surface area contributed by atoms with Gasteiger partial charge in [0, 0.05) is 10.7 Å². The van der Waals surface area contributed by atoms with Gasteiger partial charge in [-0.3, -0.25) is 0 Å². The second kappa shape index (κ2) is 4.65. The van der Waals surface area contributed by atoms with E-state index in [0.717, 1.165) is 4.47 Å². The average Bonchev–Trinajstić information content (AvgIpc) is 2.20. The molecule has 1 unspecified atom stereocenters. The molecule has 0 aliphatic heterocycles. The van der Waals surface area contributed by atoms with Crippen molar-refractivity contribution in [3.05, 3.63) is 22.3 Å². The van der Waals surface area contributed by atoms with E-state index >= 15 is 0 Å². The molecular weight excluding hydrogens is 256 g/mol. The largest absolute Gasteiger partial charge is 0.383 e. The Balaban J connectivity index is 3.03. The van der Waals surface area contributed by atoms with Crippen LogP contribution in [0.2, 0.25) is 0 Å². The second-order valence-electron chi connectivity index (χ2n) is 3.46. The predicted octanol–water partition coefficient (Wildman–Crippen LogP) is 1.94. The molecule has 0 radical (unpaired) electrons. The summed E-state index contributed by atoms with van der Waals surface area (Å²) >= 11 is 3.29. The Morgan fingerprint density at radius 1 is 1.67 bits per heavy atom. The minimum absolute atomic E-state index is 0.373. The zero-order valence-electron chi connectivity index (χ0n) is 8.71. The summed E-state index contributed by atoms with van der Waals surface area (Å²) in [6.45, 7) is 3.54. The molecular formula is C11H13BrN2O. The molecule has 0 aliphatic rings. The fraction of sp³-hybridized carbons (Fsp3) is 0.364. The number of pyridine rings is 1. The van der Waals surface area contributed by atoms with E-state index in [0.29, 0.717) is 17.8 Å². The van der Waals surface area contributed by atoms with Gasteiger partial charge in [-0.25, -0.2) is 4.98 Å². The van der Waals surface area contributed by atoms with Gasteiger partial charge in [-0.05, 0) is 35.3 Å². The molecule has 0 saturated heterocycles. The number of nitrogens with two attached hydrogens (primary N) is 1. The number of hydrogen-bond acceptors (Lipinski definition) is 3. The van der Waals surface area contributed by atoms with E-state index in [9.17, 15) is 5.11 Å². The zero-order chi connectivity index (χ0) is 11.5. The standard InChI is InChI=1S/C11H13BrN2O/c1-3-11(2,15)5-4-8-6-9(12)7-14-10(8)13/h6-7,15H,3H2,1-2H3,(H2,13,14). The van der Waals surface area contributed by atoms with E-state index in [-0.39, 0.29) is 0 Å². The van der Waals surface area contributed by atoms with E-state index in [1.807, 2.05) is 6.92 Å². The first-order valence-electron chi connectivity index (χ1n) is 4.61. The van der Waals surface area contributed by atoms with Gasteiger partial charge >= 0.3 is 0 Å². The Labute approximate surface area is 97.8 Å². The third-order valence-electron chi connectivity index (χ3n) is 2.04. The van der Waals surface area contributed by atoms with Crippen LogP contribution in [-0.2, 0) is 0 Å². The fourth-order valence-corrected chi connectivity index (χ4v) is 1.17. The molecule has 1 rings (SSSR count). The maximum absolute atomic E-state index is 9.70. The van der Waals surface area contributed by atoms with Crippen molar-refractivity contribution in [1.29, 1.82) is 0 Å². The van der Waals surface area contributed by atoms with Gasteiger partial charge in [0.15, 0.2) is 0 Å². The molecule has 3 N–H and O–H groups in total. The van der Waals surface area contributed by atoms with Crippen LogP contribution in [0.1, 0.15) is 25.8 Å². The summed E-state index contributed by atoms with van der Waals surface area (Å²) in [5.41, 5.74) is 5.29. The van der Waals surface area contributed by atoms with Crippen molar-refractivity contribution in [2.24, 2.45) is 0 Å². The highest BCUT2D eigenvalue weighted by Gasteiger charge is 2.12. The minimum atomic E-state index is -0.977. The van der Waals surface area contributed by atoms with E-state index < -0.39 is 5.60 Å². The summed E-state index contributed by atoms with van der Waals surface area (Å²) in [6, 6.07) is 1.78. The highest BCUT2D eigenvalue weighted by atomic mass is 79.9. The van der Waals surface area contributed by atoms with Crippen LogP contribution in [0.5, 0.6) is 0 Å². The van der Waals surface area contributed by atoms with Crippen LogP contribution in [0.3, 0.4) is 0 Å². The molecule has 1 heterocycles. The summed E-state index contributed by atoms with van der Waals surface area (Å²) in [7, 11) is 0. The van der Waals surface area contributed by atoms with Crippen molar-refractivity contribution in [2.75, 3.05) is 5.73 Å². The topological polar surface area (TPSA) is 59.1 Å². The molecule has 0 spiro atoms. The van der Waals surface area contributed by atoms with Crippen molar-refractivity contribution in [1.82, 2.24) is 4.98 Å². The van der Waals surface area contributed by atoms with Crippen LogP contribution in [-0.4, -0.2) is 15.7 Å². The molecule has 0 amide bonds. The summed E-state index contributed by atoms with van der Waals surface area (Å²) < 4.78 is 0.817. The molecule has 1 aromatic heterocycles. The Hall–Kier alpha value is -1.05. The van der Waals surface area contributed by atoms with Crippen LogP contribution >= 0.6 is 15.9 Å². The summed E-state index contributed by atoms with van der Waals surface area (Å²) in [5, 5.41) is 9.70. The van der Waals surface area contributed by atoms with Crippen LogP contribution in [0.4, 0.5) is 5.82 Å². The number of aliphatic hydroxyl groups is 1. The zero-order valence-corrected chi connectivity index (χ0v) is 10.3. The maximum atomic E-state index is 9.70. The van der Waals surface area contributed by atoms with Crippen molar-refractivity contribution in [2.45, 2.75) is 25.9 Å². The van der Waals surface area contributed by atoms with Gasteiger partial charge in [0.2, 0.25) is 0 Å². The number of nitrogens with zero attached hydrogens (tertiary/aromatic N) is 1. The molecule has 0 aliphatic carbocycles. The number of nitrogen functional groups attached to an aromatic ring is 1. The summed E-state index contributed by atoms with van der Waals surface area (Å²) in [4.78, 5) is 3.95. The van der Waals surface area contributed by atoms with E-state index in [1.165, 1.54) is 0 Å². The first kappa shape index (κ1) is 12.0. The van der Waals surface area contributed by atoms with Gasteiger partial charge in [0.05, 0.1) is 5.56 Å². The number of anilines is 1. The van der Waals surface area contributed by atoms with Crippen molar-refractivity contribution in [3.8, 4) is 11.8 Å². The number of hydrogen-bond donors (Lipinski definition) is 2. The molecule has 80 valence electrons. The molecule has 1 atom stereocenters. The molecule has 3 nitrogen and oxygen atoms in total. The minimum Gasteiger partial charge on any atom is -0.383 e. The van der Waals surface area contributed by atoms with Gasteiger partial charge < -0.3 is 10.8 Å². The average molecular weight is 269 g/mol. The molecule has 0 saturated carbocycles. The van der Waals surface area contributed by atoms with Gasteiger partial charge in [0.1, 0.15) is 11.4 Å². The number of halogens is 1. The van der Waals surface area contributed by atoms with E-state index in [2.05, 4.69) is 32.8 Å². The third-order valence-corrected chi connectivity index (χ3v) is 2.47. The Kier molecular flexibility index (Phi) is 3.72. The van der Waals surface area contributed by atoms with Gasteiger partial charge in [0.25, 0.3) is 0 Å². The Morgan fingerprint density at radius 2 is 2.33 bits per heavy atom. The lowest BCUT2D eigenvalue weighted by Gasteiger charge is -2.11. The molecule has 4 heteroatoms. The van der Waals surface area contributed by atoms with E-state index in [4.69, 9.17) is 5.73 Å². The van der Waals surface area contributed by atoms with Gasteiger partial charge in [-0.15, -0.1) is 0 Å². The lowest BCUT2D eigenvalue weighted by atomic mass is 10.0. The van der Waals surface area contributed by atoms with Crippen LogP contribution < -0.4 is 5.73 Å². The second-order valence-corrected chi connectivity index (χ2v) is 4.38. The normalized spacial score (nSPS) is 13.9. The molecule has 0 fully saturated rings. The first-order chi connectivity index (χ1) is 6.94. The highest BCUT2D eigenvalue weighted by molar-refractivity contribution is 9.10. The van der Waals surface area contributed by atoms with Crippen molar-refractivity contribution >= 4 is 21.7 Å². The van der Waals surface area contributed by atoms with Crippen LogP contribution in [0.25, 0.3) is 0 Å². The van der Waals surface area contributed by atoms with Crippen molar-refractivity contribution < 1.29 is 5.11 Å². The fourth-order valence-electron chi connectivity index (χ4n) is 0.840. The molecule has 15 heavy (non-hydrogen) atoms. The highest BCUT2D eigenvalue weighted by Crippen LogP contribution is 2.15. The molecule has 0 aromatic carbocycles. The molecule has 1 aromatic rings. The quantitative estimate of drug-likeness (QED) is 0.766. The summed E-state index contributed by atoms with van der Waals surface area (Å²) in [6.07, 6.45) is 2.18. The lowest BCUT2D eigenvalue weighted by molar-refractivity contribution is 0.118. The van der Waals surface area contributed by atoms with E-state index in [1.54, 1.807) is 19.2 Å². The van der Waals surface area contributed by atoms with Crippen LogP contribution in [0.15, 0.2) is 16.7 Å². The third kappa shape index (κ3) is 3.54. The SMILES string of the molecule is CCC(C)(O)C#Cc1cc(Br)cnc1N. The predicted molar refractivity (Wildman–Crippen MR) is 64.1 cm³/mol. The molecule has 0 bridgehead atoms. The maximum Gasteiger partial charge on any atom is 0.139 e.